The third-order valence-electron chi connectivity index (χ3n) is 3.52. The summed E-state index contributed by atoms with van der Waals surface area (Å²) in [5.41, 5.74) is -0.102. The van der Waals surface area contributed by atoms with Gasteiger partial charge in [-0.15, -0.1) is 0 Å². The summed E-state index contributed by atoms with van der Waals surface area (Å²) in [6.07, 6.45) is -1.23. The number of rotatable bonds is 6. The average Bonchev–Trinajstić information content (AvgIpc) is 2.59. The monoisotopic (exact) mass is 446 g/mol. The Morgan fingerprint density at radius 2 is 1.61 bits per heavy atom. The SMILES string of the molecule is Cc1cccc(NC(NC(=O)c2cc([N+](=O)[O-])cc([N+](=O)[O-])c2)C(Cl)(Cl)Cl)c1. The number of non-ortho nitro benzene ring substituents is 2. The molecule has 0 aliphatic rings. The van der Waals surface area contributed by atoms with Gasteiger partial charge < -0.3 is 10.6 Å². The molecule has 1 unspecified atom stereocenters. The number of benzene rings is 2. The Bertz CT molecular complexity index is 900. The van der Waals surface area contributed by atoms with Gasteiger partial charge in [0.25, 0.3) is 17.3 Å². The molecule has 0 bridgehead atoms. The lowest BCUT2D eigenvalue weighted by Gasteiger charge is -2.27. The van der Waals surface area contributed by atoms with E-state index in [1.165, 1.54) is 0 Å². The Morgan fingerprint density at radius 1 is 1.04 bits per heavy atom. The summed E-state index contributed by atoms with van der Waals surface area (Å²) in [7, 11) is 0. The molecule has 0 aliphatic heterocycles. The Balaban J connectivity index is 2.33. The van der Waals surface area contributed by atoms with Crippen LogP contribution in [0.25, 0.3) is 0 Å². The van der Waals surface area contributed by atoms with E-state index in [1.54, 1.807) is 18.2 Å². The van der Waals surface area contributed by atoms with Gasteiger partial charge in [-0.25, -0.2) is 0 Å². The molecule has 2 rings (SSSR count). The molecule has 12 heteroatoms. The van der Waals surface area contributed by atoms with Gasteiger partial charge in [0.2, 0.25) is 3.79 Å². The van der Waals surface area contributed by atoms with Crippen LogP contribution >= 0.6 is 34.8 Å². The highest BCUT2D eigenvalue weighted by atomic mass is 35.6. The fraction of sp³-hybridized carbons (Fsp3) is 0.188. The minimum absolute atomic E-state index is 0.328. The van der Waals surface area contributed by atoms with Crippen molar-refractivity contribution in [2.75, 3.05) is 5.32 Å². The second-order valence-corrected chi connectivity index (χ2v) is 8.08. The number of carbonyl (C=O) groups excluding carboxylic acids is 1. The minimum atomic E-state index is -1.99. The van der Waals surface area contributed by atoms with Crippen molar-refractivity contribution in [2.24, 2.45) is 0 Å². The van der Waals surface area contributed by atoms with E-state index in [-0.39, 0.29) is 5.56 Å². The molecule has 0 heterocycles. The minimum Gasteiger partial charge on any atom is -0.362 e. The summed E-state index contributed by atoms with van der Waals surface area (Å²) < 4.78 is -1.99. The second kappa shape index (κ2) is 8.59. The standard InChI is InChI=1S/C16H13Cl3N4O5/c1-9-3-2-4-11(5-9)20-15(16(17,18)19)21-14(24)10-6-12(22(25)26)8-13(7-10)23(27)28/h2-8,15,20H,1H3,(H,21,24). The van der Waals surface area contributed by atoms with Crippen molar-refractivity contribution in [3.8, 4) is 0 Å². The van der Waals surface area contributed by atoms with Crippen LogP contribution in [-0.2, 0) is 0 Å². The number of alkyl halides is 3. The lowest BCUT2D eigenvalue weighted by atomic mass is 10.1. The summed E-state index contributed by atoms with van der Waals surface area (Å²) in [5.74, 6) is -0.900. The molecule has 28 heavy (non-hydrogen) atoms. The Hall–Kier alpha value is -2.62. The van der Waals surface area contributed by atoms with E-state index >= 15 is 0 Å². The van der Waals surface area contributed by atoms with Gasteiger partial charge in [0.15, 0.2) is 0 Å². The average molecular weight is 448 g/mol. The third-order valence-corrected chi connectivity index (χ3v) is 4.17. The molecule has 0 saturated carbocycles. The first-order valence-corrected chi connectivity index (χ1v) is 8.75. The van der Waals surface area contributed by atoms with Crippen LogP contribution in [0.5, 0.6) is 0 Å². The second-order valence-electron chi connectivity index (χ2n) is 5.71. The highest BCUT2D eigenvalue weighted by molar-refractivity contribution is 6.68. The maximum Gasteiger partial charge on any atom is 0.277 e. The summed E-state index contributed by atoms with van der Waals surface area (Å²) >= 11 is 17.8. The van der Waals surface area contributed by atoms with Crippen molar-refractivity contribution < 1.29 is 14.6 Å². The van der Waals surface area contributed by atoms with E-state index in [4.69, 9.17) is 34.8 Å². The van der Waals surface area contributed by atoms with E-state index in [9.17, 15) is 25.0 Å². The zero-order valence-corrected chi connectivity index (χ0v) is 16.5. The number of carbonyl (C=O) groups is 1. The van der Waals surface area contributed by atoms with E-state index in [0.29, 0.717) is 5.69 Å². The first kappa shape index (κ1) is 21.7. The van der Waals surface area contributed by atoms with Gasteiger partial charge in [0, 0.05) is 17.8 Å². The summed E-state index contributed by atoms with van der Waals surface area (Å²) in [5, 5.41) is 27.2. The molecule has 1 atom stereocenters. The van der Waals surface area contributed by atoms with Gasteiger partial charge >= 0.3 is 0 Å². The van der Waals surface area contributed by atoms with Crippen molar-refractivity contribution in [3.05, 3.63) is 73.8 Å². The van der Waals surface area contributed by atoms with Crippen molar-refractivity contribution in [1.29, 1.82) is 0 Å². The smallest absolute Gasteiger partial charge is 0.277 e. The van der Waals surface area contributed by atoms with Crippen LogP contribution in [0.1, 0.15) is 15.9 Å². The molecular weight excluding hydrogens is 435 g/mol. The molecule has 2 N–H and O–H groups in total. The van der Waals surface area contributed by atoms with E-state index in [1.807, 2.05) is 13.0 Å². The van der Waals surface area contributed by atoms with Crippen LogP contribution in [0.2, 0.25) is 0 Å². The fourth-order valence-corrected chi connectivity index (χ4v) is 2.58. The number of amides is 1. The van der Waals surface area contributed by atoms with Crippen molar-refractivity contribution >= 4 is 57.8 Å². The Labute approximate surface area is 173 Å². The Kier molecular flexibility index (Phi) is 6.65. The third kappa shape index (κ3) is 5.69. The number of nitro groups is 2. The van der Waals surface area contributed by atoms with Gasteiger partial charge in [-0.3, -0.25) is 25.0 Å². The first-order chi connectivity index (χ1) is 13.0. The van der Waals surface area contributed by atoms with Gasteiger partial charge in [-0.05, 0) is 24.6 Å². The van der Waals surface area contributed by atoms with Gasteiger partial charge in [0.05, 0.1) is 21.5 Å². The van der Waals surface area contributed by atoms with Crippen LogP contribution in [0.15, 0.2) is 42.5 Å². The molecule has 0 saturated heterocycles. The van der Waals surface area contributed by atoms with E-state index in [0.717, 1.165) is 23.8 Å². The summed E-state index contributed by atoms with van der Waals surface area (Å²) in [6, 6.07) is 9.55. The van der Waals surface area contributed by atoms with Gasteiger partial charge in [-0.1, -0.05) is 46.9 Å². The molecule has 148 valence electrons. The maximum absolute atomic E-state index is 12.5. The topological polar surface area (TPSA) is 127 Å². The van der Waals surface area contributed by atoms with Crippen molar-refractivity contribution in [1.82, 2.24) is 5.32 Å². The quantitative estimate of drug-likeness (QED) is 0.293. The first-order valence-electron chi connectivity index (χ1n) is 7.62. The zero-order chi connectivity index (χ0) is 21.1. The number of hydrogen-bond donors (Lipinski definition) is 2. The number of aryl methyl sites for hydroxylation is 1. The largest absolute Gasteiger partial charge is 0.362 e. The molecule has 9 nitrogen and oxygen atoms in total. The van der Waals surface area contributed by atoms with Gasteiger partial charge in [0.1, 0.15) is 6.17 Å². The normalized spacial score (nSPS) is 12.1. The van der Waals surface area contributed by atoms with E-state index < -0.39 is 37.1 Å². The molecule has 1 amide bonds. The predicted octanol–water partition coefficient (Wildman–Crippen LogP) is 4.35. The van der Waals surface area contributed by atoms with Crippen LogP contribution in [0.4, 0.5) is 17.1 Å². The molecular formula is C16H13Cl3N4O5. The highest BCUT2D eigenvalue weighted by Crippen LogP contribution is 2.32. The van der Waals surface area contributed by atoms with Crippen molar-refractivity contribution in [3.63, 3.8) is 0 Å². The van der Waals surface area contributed by atoms with Crippen molar-refractivity contribution in [2.45, 2.75) is 16.9 Å². The maximum atomic E-state index is 12.5. The predicted molar refractivity (Wildman–Crippen MR) is 106 cm³/mol. The number of nitrogens with zero attached hydrogens (tertiary/aromatic N) is 2. The zero-order valence-electron chi connectivity index (χ0n) is 14.2. The summed E-state index contributed by atoms with van der Waals surface area (Å²) in [4.78, 5) is 32.8. The number of halogens is 3. The highest BCUT2D eigenvalue weighted by Gasteiger charge is 2.35. The van der Waals surface area contributed by atoms with Crippen LogP contribution < -0.4 is 10.6 Å². The fourth-order valence-electron chi connectivity index (χ4n) is 2.25. The number of nitro benzene ring substituents is 2. The number of nitrogens with one attached hydrogen (secondary N) is 2. The molecule has 2 aromatic carbocycles. The number of anilines is 1. The molecule has 0 aromatic heterocycles. The molecule has 0 fully saturated rings. The van der Waals surface area contributed by atoms with Crippen LogP contribution in [0, 0.1) is 27.2 Å². The molecule has 0 spiro atoms. The lowest BCUT2D eigenvalue weighted by molar-refractivity contribution is -0.394. The molecule has 0 radical (unpaired) electrons. The summed E-state index contributed by atoms with van der Waals surface area (Å²) in [6.45, 7) is 1.84. The van der Waals surface area contributed by atoms with Crippen LogP contribution in [0.3, 0.4) is 0 Å². The lowest BCUT2D eigenvalue weighted by Crippen LogP contribution is -2.49. The van der Waals surface area contributed by atoms with Crippen LogP contribution in [-0.4, -0.2) is 25.7 Å². The molecule has 0 aliphatic carbocycles. The Morgan fingerprint density at radius 3 is 2.07 bits per heavy atom. The molecule has 2 aromatic rings. The van der Waals surface area contributed by atoms with E-state index in [2.05, 4.69) is 10.6 Å². The number of hydrogen-bond acceptors (Lipinski definition) is 6. The van der Waals surface area contributed by atoms with Gasteiger partial charge in [-0.2, -0.15) is 0 Å².